The van der Waals surface area contributed by atoms with Crippen molar-refractivity contribution < 1.29 is 37.8 Å². The van der Waals surface area contributed by atoms with E-state index < -0.39 is 5.60 Å². The predicted octanol–water partition coefficient (Wildman–Crippen LogP) is 2.75. The Labute approximate surface area is 107 Å². The van der Waals surface area contributed by atoms with Crippen molar-refractivity contribution in [3.8, 4) is 0 Å². The van der Waals surface area contributed by atoms with E-state index >= 15 is 0 Å². The molecule has 0 spiro atoms. The molecule has 1 rings (SSSR count). The molecule has 1 aliphatic rings. The predicted molar refractivity (Wildman–Crippen MR) is 51.9 cm³/mol. The molecule has 2 heteroatoms. The molecule has 0 saturated heterocycles. The van der Waals surface area contributed by atoms with E-state index in [1.54, 1.807) is 0 Å². The number of aliphatic hydroxyl groups is 1. The van der Waals surface area contributed by atoms with Crippen molar-refractivity contribution in [3.05, 3.63) is 12.2 Å². The molecule has 0 aromatic carbocycles. The number of rotatable bonds is 0. The van der Waals surface area contributed by atoms with Gasteiger partial charge in [-0.3, -0.25) is 0 Å². The molecule has 73 valence electrons. The first kappa shape index (κ1) is 13.8. The zero-order chi connectivity index (χ0) is 9.41. The fourth-order valence-corrected chi connectivity index (χ4v) is 1.67. The minimum atomic E-state index is -0.554. The molecule has 0 heterocycles. The van der Waals surface area contributed by atoms with Gasteiger partial charge in [-0.1, -0.05) is 32.9 Å². The maximum absolute atomic E-state index is 9.67. The van der Waals surface area contributed by atoms with Gasteiger partial charge in [0.25, 0.3) is 0 Å². The van der Waals surface area contributed by atoms with Gasteiger partial charge in [0.2, 0.25) is 0 Å². The molecule has 0 fully saturated rings. The van der Waals surface area contributed by atoms with Gasteiger partial charge in [0.05, 0.1) is 5.60 Å². The Balaban J connectivity index is 0.00000144. The molecule has 1 nitrogen and oxygen atoms in total. The van der Waals surface area contributed by atoms with Crippen LogP contribution in [0.25, 0.3) is 0 Å². The molecule has 0 aliphatic heterocycles. The van der Waals surface area contributed by atoms with Crippen molar-refractivity contribution in [2.24, 2.45) is 11.3 Å². The molecule has 2 atom stereocenters. The SMILES string of the molecule is CC(C)(C)[C@H]1C=C[C@](C)(O)CC1.[Y]. The number of hydrogen-bond acceptors (Lipinski definition) is 1. The zero-order valence-electron chi connectivity index (χ0n) is 9.17. The summed E-state index contributed by atoms with van der Waals surface area (Å²) in [5.41, 5.74) is -0.214. The number of allylic oxidation sites excluding steroid dienone is 1. The average molecular weight is 257 g/mol. The summed E-state index contributed by atoms with van der Waals surface area (Å²) < 4.78 is 0. The third kappa shape index (κ3) is 4.23. The molecule has 0 aromatic rings. The van der Waals surface area contributed by atoms with Gasteiger partial charge >= 0.3 is 0 Å². The van der Waals surface area contributed by atoms with Gasteiger partial charge in [-0.15, -0.1) is 0 Å². The summed E-state index contributed by atoms with van der Waals surface area (Å²) in [6.45, 7) is 8.63. The van der Waals surface area contributed by atoms with Crippen LogP contribution in [0.1, 0.15) is 40.5 Å². The second-order valence-electron chi connectivity index (χ2n) is 5.23. The fourth-order valence-electron chi connectivity index (χ4n) is 1.67. The second kappa shape index (κ2) is 4.55. The van der Waals surface area contributed by atoms with E-state index in [1.807, 2.05) is 13.0 Å². The van der Waals surface area contributed by atoms with E-state index in [9.17, 15) is 5.11 Å². The summed E-state index contributed by atoms with van der Waals surface area (Å²) in [7, 11) is 0. The maximum Gasteiger partial charge on any atom is 0.0800 e. The largest absolute Gasteiger partial charge is 0.386 e. The molecule has 13 heavy (non-hydrogen) atoms. The van der Waals surface area contributed by atoms with Gasteiger partial charge in [-0.05, 0) is 31.1 Å². The maximum atomic E-state index is 9.67. The first-order valence-corrected chi connectivity index (χ1v) is 4.73. The summed E-state index contributed by atoms with van der Waals surface area (Å²) in [5, 5.41) is 9.67. The minimum Gasteiger partial charge on any atom is -0.386 e. The van der Waals surface area contributed by atoms with Crippen LogP contribution in [0.15, 0.2) is 12.2 Å². The van der Waals surface area contributed by atoms with Gasteiger partial charge in [-0.25, -0.2) is 0 Å². The van der Waals surface area contributed by atoms with E-state index in [0.29, 0.717) is 11.3 Å². The van der Waals surface area contributed by atoms with Crippen LogP contribution < -0.4 is 0 Å². The summed E-state index contributed by atoms with van der Waals surface area (Å²) >= 11 is 0. The molecular formula is C11H20OY. The first-order valence-electron chi connectivity index (χ1n) is 4.73. The van der Waals surface area contributed by atoms with Crippen molar-refractivity contribution in [1.29, 1.82) is 0 Å². The summed E-state index contributed by atoms with van der Waals surface area (Å²) in [6, 6.07) is 0. The molecule has 0 aromatic heterocycles. The standard InChI is InChI=1S/C11H20O.Y/c1-10(2,3)9-5-7-11(4,12)8-6-9;/h5,7,9,12H,6,8H2,1-4H3;/t9-,11-;/m0./s1. The molecule has 1 radical (unpaired) electrons. The van der Waals surface area contributed by atoms with Crippen molar-refractivity contribution in [2.45, 2.75) is 46.1 Å². The molecule has 1 N–H and O–H groups in total. The normalized spacial score (nSPS) is 34.1. The van der Waals surface area contributed by atoms with Crippen LogP contribution >= 0.6 is 0 Å². The van der Waals surface area contributed by atoms with Gasteiger partial charge in [0.15, 0.2) is 0 Å². The average Bonchev–Trinajstić information content (AvgIpc) is 1.83. The van der Waals surface area contributed by atoms with Crippen molar-refractivity contribution >= 4 is 0 Å². The Morgan fingerprint density at radius 2 is 1.92 bits per heavy atom. The Morgan fingerprint density at radius 1 is 1.38 bits per heavy atom. The fraction of sp³-hybridized carbons (Fsp3) is 0.818. The molecule has 0 unspecified atom stereocenters. The topological polar surface area (TPSA) is 20.2 Å². The Bertz CT molecular complexity index is 189. The summed E-state index contributed by atoms with van der Waals surface area (Å²) in [4.78, 5) is 0. The monoisotopic (exact) mass is 257 g/mol. The third-order valence-corrected chi connectivity index (χ3v) is 2.76. The van der Waals surface area contributed by atoms with E-state index in [2.05, 4.69) is 26.8 Å². The van der Waals surface area contributed by atoms with Gasteiger partial charge in [0, 0.05) is 32.7 Å². The molecule has 0 saturated carbocycles. The van der Waals surface area contributed by atoms with Crippen LogP contribution in [-0.2, 0) is 32.7 Å². The Kier molecular flexibility index (Phi) is 4.83. The van der Waals surface area contributed by atoms with Crippen LogP contribution in [0.2, 0.25) is 0 Å². The molecule has 0 amide bonds. The van der Waals surface area contributed by atoms with E-state index in [-0.39, 0.29) is 32.7 Å². The van der Waals surface area contributed by atoms with Gasteiger partial charge in [0.1, 0.15) is 0 Å². The van der Waals surface area contributed by atoms with Crippen LogP contribution in [0, 0.1) is 11.3 Å². The van der Waals surface area contributed by atoms with Gasteiger partial charge in [-0.2, -0.15) is 0 Å². The molecule has 1 aliphatic carbocycles. The van der Waals surface area contributed by atoms with Crippen molar-refractivity contribution in [3.63, 3.8) is 0 Å². The Hall–Kier alpha value is 0.804. The van der Waals surface area contributed by atoms with Crippen LogP contribution in [0.3, 0.4) is 0 Å². The summed E-state index contributed by atoms with van der Waals surface area (Å²) in [5.74, 6) is 0.623. The van der Waals surface area contributed by atoms with Crippen molar-refractivity contribution in [2.75, 3.05) is 0 Å². The quantitative estimate of drug-likeness (QED) is 0.661. The van der Waals surface area contributed by atoms with E-state index in [4.69, 9.17) is 0 Å². The molecular weight excluding hydrogens is 237 g/mol. The van der Waals surface area contributed by atoms with E-state index in [0.717, 1.165) is 12.8 Å². The van der Waals surface area contributed by atoms with Crippen LogP contribution in [0.4, 0.5) is 0 Å². The zero-order valence-corrected chi connectivity index (χ0v) is 12.0. The second-order valence-corrected chi connectivity index (χ2v) is 5.23. The van der Waals surface area contributed by atoms with E-state index in [1.165, 1.54) is 0 Å². The number of hydrogen-bond donors (Lipinski definition) is 1. The summed E-state index contributed by atoms with van der Waals surface area (Å²) in [6.07, 6.45) is 6.12. The van der Waals surface area contributed by atoms with Gasteiger partial charge < -0.3 is 5.11 Å². The molecule has 0 bridgehead atoms. The third-order valence-electron chi connectivity index (χ3n) is 2.76. The van der Waals surface area contributed by atoms with Crippen LogP contribution in [-0.4, -0.2) is 10.7 Å². The van der Waals surface area contributed by atoms with Crippen molar-refractivity contribution in [1.82, 2.24) is 0 Å². The smallest absolute Gasteiger partial charge is 0.0800 e. The van der Waals surface area contributed by atoms with Crippen LogP contribution in [0.5, 0.6) is 0 Å². The minimum absolute atomic E-state index is 0. The first-order chi connectivity index (χ1) is 5.31. The Morgan fingerprint density at radius 3 is 2.23 bits per heavy atom.